The normalized spacial score (nSPS) is 11.9. The number of para-hydroxylation sites is 1. The molecule has 0 unspecified atom stereocenters. The van der Waals surface area contributed by atoms with Gasteiger partial charge in [0.05, 0.1) is 12.1 Å². The Morgan fingerprint density at radius 1 is 1.22 bits per heavy atom. The summed E-state index contributed by atoms with van der Waals surface area (Å²) in [5.41, 5.74) is 2.28. The molecule has 18 heavy (non-hydrogen) atoms. The van der Waals surface area contributed by atoms with Gasteiger partial charge in [-0.3, -0.25) is 4.98 Å². The summed E-state index contributed by atoms with van der Waals surface area (Å²) in [4.78, 5) is 4.37. The average molecular weight is 244 g/mol. The fourth-order valence-corrected chi connectivity index (χ4v) is 2.06. The Balaban J connectivity index is 2.17. The van der Waals surface area contributed by atoms with Gasteiger partial charge < -0.3 is 10.1 Å². The first kappa shape index (κ1) is 13.0. The van der Waals surface area contributed by atoms with Crippen LogP contribution in [0.3, 0.4) is 0 Å². The summed E-state index contributed by atoms with van der Waals surface area (Å²) in [7, 11) is 1.73. The number of nitrogens with zero attached hydrogens (tertiary/aromatic N) is 1. The summed E-state index contributed by atoms with van der Waals surface area (Å²) in [5, 5.41) is 4.72. The van der Waals surface area contributed by atoms with Crippen molar-refractivity contribution in [1.82, 2.24) is 10.3 Å². The second kappa shape index (κ2) is 5.46. The first-order valence-electron chi connectivity index (χ1n) is 6.19. The van der Waals surface area contributed by atoms with Crippen molar-refractivity contribution in [2.75, 3.05) is 13.7 Å². The first-order chi connectivity index (χ1) is 8.62. The highest BCUT2D eigenvalue weighted by Gasteiger charge is 2.16. The van der Waals surface area contributed by atoms with Crippen LogP contribution in [0.15, 0.2) is 36.5 Å². The summed E-state index contributed by atoms with van der Waals surface area (Å²) < 4.78 is 5.21. The van der Waals surface area contributed by atoms with E-state index in [4.69, 9.17) is 4.74 Å². The lowest BCUT2D eigenvalue weighted by Gasteiger charge is -2.25. The molecule has 0 aliphatic rings. The maximum absolute atomic E-state index is 5.21. The van der Waals surface area contributed by atoms with E-state index in [0.29, 0.717) is 6.61 Å². The smallest absolute Gasteiger partial charge is 0.0705 e. The van der Waals surface area contributed by atoms with Crippen LogP contribution >= 0.6 is 0 Å². The van der Waals surface area contributed by atoms with Crippen molar-refractivity contribution >= 4 is 10.9 Å². The van der Waals surface area contributed by atoms with Crippen LogP contribution in [0.2, 0.25) is 0 Å². The zero-order valence-electron chi connectivity index (χ0n) is 11.2. The average Bonchev–Trinajstić information content (AvgIpc) is 2.36. The molecule has 0 aliphatic heterocycles. The number of benzene rings is 1. The Bertz CT molecular complexity index is 517. The second-order valence-corrected chi connectivity index (χ2v) is 5.16. The molecule has 2 rings (SSSR count). The molecule has 0 atom stereocenters. The molecular weight excluding hydrogens is 224 g/mol. The number of methoxy groups -OCH3 is 1. The lowest BCUT2D eigenvalue weighted by Crippen LogP contribution is -2.42. The van der Waals surface area contributed by atoms with Crippen molar-refractivity contribution in [3.05, 3.63) is 42.1 Å². The number of hydrogen-bond donors (Lipinski definition) is 1. The van der Waals surface area contributed by atoms with Gasteiger partial charge in [0, 0.05) is 30.8 Å². The number of aromatic nitrogens is 1. The van der Waals surface area contributed by atoms with Gasteiger partial charge in [-0.15, -0.1) is 0 Å². The number of rotatable bonds is 5. The van der Waals surface area contributed by atoms with Crippen molar-refractivity contribution < 1.29 is 4.74 Å². The molecule has 0 bridgehead atoms. The van der Waals surface area contributed by atoms with Crippen LogP contribution in [0, 0.1) is 0 Å². The van der Waals surface area contributed by atoms with Gasteiger partial charge in [-0.1, -0.05) is 18.2 Å². The fraction of sp³-hybridized carbons (Fsp3) is 0.400. The van der Waals surface area contributed by atoms with E-state index in [1.54, 1.807) is 7.11 Å². The SMILES string of the molecule is COCC(C)(C)NCc1ccnc2ccccc12. The maximum atomic E-state index is 5.21. The standard InChI is InChI=1S/C15H20N2O/c1-15(2,11-18-3)17-10-12-8-9-16-14-7-5-4-6-13(12)14/h4-9,17H,10-11H2,1-3H3. The zero-order chi connectivity index (χ0) is 13.0. The highest BCUT2D eigenvalue weighted by Crippen LogP contribution is 2.16. The highest BCUT2D eigenvalue weighted by molar-refractivity contribution is 5.81. The fourth-order valence-electron chi connectivity index (χ4n) is 2.06. The minimum absolute atomic E-state index is 0.0286. The Morgan fingerprint density at radius 3 is 2.78 bits per heavy atom. The van der Waals surface area contributed by atoms with E-state index in [-0.39, 0.29) is 5.54 Å². The number of ether oxygens (including phenoxy) is 1. The largest absolute Gasteiger partial charge is 0.383 e. The second-order valence-electron chi connectivity index (χ2n) is 5.16. The van der Waals surface area contributed by atoms with Crippen molar-refractivity contribution in [2.24, 2.45) is 0 Å². The van der Waals surface area contributed by atoms with Gasteiger partial charge in [0.2, 0.25) is 0 Å². The molecule has 0 spiro atoms. The predicted molar refractivity (Wildman–Crippen MR) is 74.5 cm³/mol. The quantitative estimate of drug-likeness (QED) is 0.878. The van der Waals surface area contributed by atoms with E-state index in [1.165, 1.54) is 10.9 Å². The Labute approximate surface area is 108 Å². The van der Waals surface area contributed by atoms with E-state index >= 15 is 0 Å². The van der Waals surface area contributed by atoms with E-state index in [9.17, 15) is 0 Å². The summed E-state index contributed by atoms with van der Waals surface area (Å²) in [6, 6.07) is 10.3. The third-order valence-corrected chi connectivity index (χ3v) is 3.00. The van der Waals surface area contributed by atoms with Crippen LogP contribution in [0.4, 0.5) is 0 Å². The van der Waals surface area contributed by atoms with E-state index in [1.807, 2.05) is 24.4 Å². The molecule has 1 aromatic heterocycles. The van der Waals surface area contributed by atoms with Gasteiger partial charge in [0.25, 0.3) is 0 Å². The third kappa shape index (κ3) is 3.06. The molecule has 1 N–H and O–H groups in total. The van der Waals surface area contributed by atoms with Gasteiger partial charge in [-0.2, -0.15) is 0 Å². The lowest BCUT2D eigenvalue weighted by atomic mass is 10.0. The van der Waals surface area contributed by atoms with Gasteiger partial charge in [-0.05, 0) is 31.5 Å². The minimum atomic E-state index is -0.0286. The number of nitrogens with one attached hydrogen (secondary N) is 1. The molecular formula is C15H20N2O. The van der Waals surface area contributed by atoms with Crippen LogP contribution in [0.1, 0.15) is 19.4 Å². The van der Waals surface area contributed by atoms with Gasteiger partial charge >= 0.3 is 0 Å². The first-order valence-corrected chi connectivity index (χ1v) is 6.19. The number of pyridine rings is 1. The molecule has 0 saturated carbocycles. The van der Waals surface area contributed by atoms with Crippen LogP contribution < -0.4 is 5.32 Å². The van der Waals surface area contributed by atoms with Gasteiger partial charge in [-0.25, -0.2) is 0 Å². The van der Waals surface area contributed by atoms with E-state index in [0.717, 1.165) is 12.1 Å². The van der Waals surface area contributed by atoms with Crippen molar-refractivity contribution in [2.45, 2.75) is 25.9 Å². The summed E-state index contributed by atoms with van der Waals surface area (Å²) >= 11 is 0. The Morgan fingerprint density at radius 2 is 2.00 bits per heavy atom. The molecule has 96 valence electrons. The van der Waals surface area contributed by atoms with Crippen LogP contribution in [0.25, 0.3) is 10.9 Å². The topological polar surface area (TPSA) is 34.1 Å². The Hall–Kier alpha value is -1.45. The summed E-state index contributed by atoms with van der Waals surface area (Å²) in [5.74, 6) is 0. The molecule has 0 radical (unpaired) electrons. The van der Waals surface area contributed by atoms with Crippen molar-refractivity contribution in [3.8, 4) is 0 Å². The summed E-state index contributed by atoms with van der Waals surface area (Å²) in [6.45, 7) is 5.79. The molecule has 0 aliphatic carbocycles. The van der Waals surface area contributed by atoms with Crippen LogP contribution in [-0.2, 0) is 11.3 Å². The molecule has 1 aromatic carbocycles. The zero-order valence-corrected chi connectivity index (χ0v) is 11.2. The highest BCUT2D eigenvalue weighted by atomic mass is 16.5. The molecule has 3 heteroatoms. The minimum Gasteiger partial charge on any atom is -0.383 e. The van der Waals surface area contributed by atoms with Crippen molar-refractivity contribution in [1.29, 1.82) is 0 Å². The Kier molecular flexibility index (Phi) is 3.94. The summed E-state index contributed by atoms with van der Waals surface area (Å²) in [6.07, 6.45) is 1.86. The van der Waals surface area contributed by atoms with Crippen molar-refractivity contribution in [3.63, 3.8) is 0 Å². The van der Waals surface area contributed by atoms with Gasteiger partial charge in [0.15, 0.2) is 0 Å². The molecule has 0 fully saturated rings. The van der Waals surface area contributed by atoms with E-state index in [2.05, 4.69) is 36.3 Å². The maximum Gasteiger partial charge on any atom is 0.0705 e. The monoisotopic (exact) mass is 244 g/mol. The number of hydrogen-bond acceptors (Lipinski definition) is 3. The van der Waals surface area contributed by atoms with Gasteiger partial charge in [0.1, 0.15) is 0 Å². The van der Waals surface area contributed by atoms with Crippen LogP contribution in [0.5, 0.6) is 0 Å². The van der Waals surface area contributed by atoms with E-state index < -0.39 is 0 Å². The molecule has 1 heterocycles. The molecule has 0 saturated heterocycles. The van der Waals surface area contributed by atoms with Crippen LogP contribution in [-0.4, -0.2) is 24.2 Å². The predicted octanol–water partition coefficient (Wildman–Crippen LogP) is 2.75. The molecule has 3 nitrogen and oxygen atoms in total. The number of fused-ring (bicyclic) bond motifs is 1. The molecule has 0 amide bonds. The third-order valence-electron chi connectivity index (χ3n) is 3.00. The lowest BCUT2D eigenvalue weighted by molar-refractivity contribution is 0.128. The molecule has 2 aromatic rings.